The van der Waals surface area contributed by atoms with Crippen molar-refractivity contribution in [3.05, 3.63) is 34.7 Å². The first kappa shape index (κ1) is 10.6. The van der Waals surface area contributed by atoms with E-state index in [4.69, 9.17) is 18.0 Å². The maximum Gasteiger partial charge on any atom is 0.136 e. The predicted molar refractivity (Wildman–Crippen MR) is 68.1 cm³/mol. The molecule has 2 aromatic rings. The standard InChI is InChI=1S/C10H10BrN3S/c1-6(10(12)15)8-4-13-9-3-2-7(11)5-14(8)9/h2-6H,1H3,(H2,12,15). The lowest BCUT2D eigenvalue weighted by atomic mass is 10.1. The van der Waals surface area contributed by atoms with E-state index in [-0.39, 0.29) is 5.92 Å². The molecule has 0 amide bonds. The minimum Gasteiger partial charge on any atom is -0.393 e. The largest absolute Gasteiger partial charge is 0.393 e. The van der Waals surface area contributed by atoms with Crippen LogP contribution >= 0.6 is 28.1 Å². The Morgan fingerprint density at radius 3 is 3.00 bits per heavy atom. The minimum absolute atomic E-state index is 0.0318. The Morgan fingerprint density at radius 1 is 1.60 bits per heavy atom. The molecule has 0 aliphatic heterocycles. The predicted octanol–water partition coefficient (Wildman–Crippen LogP) is 2.49. The van der Waals surface area contributed by atoms with Crippen LogP contribution in [-0.4, -0.2) is 14.4 Å². The lowest BCUT2D eigenvalue weighted by Crippen LogP contribution is -2.17. The summed E-state index contributed by atoms with van der Waals surface area (Å²) in [5.74, 6) is 0.0318. The zero-order valence-corrected chi connectivity index (χ0v) is 10.5. The fraction of sp³-hybridized carbons (Fsp3) is 0.200. The van der Waals surface area contributed by atoms with Crippen LogP contribution in [0.3, 0.4) is 0 Å². The molecule has 0 saturated carbocycles. The average molecular weight is 284 g/mol. The molecule has 2 N–H and O–H groups in total. The Morgan fingerprint density at radius 2 is 2.33 bits per heavy atom. The molecule has 78 valence electrons. The molecule has 2 aromatic heterocycles. The van der Waals surface area contributed by atoms with E-state index in [2.05, 4.69) is 20.9 Å². The number of hydrogen-bond acceptors (Lipinski definition) is 2. The molecule has 2 rings (SSSR count). The average Bonchev–Trinajstić information content (AvgIpc) is 2.59. The van der Waals surface area contributed by atoms with Gasteiger partial charge in [-0.2, -0.15) is 0 Å². The monoisotopic (exact) mass is 283 g/mol. The molecule has 0 saturated heterocycles. The maximum absolute atomic E-state index is 5.63. The van der Waals surface area contributed by atoms with Crippen LogP contribution in [0.4, 0.5) is 0 Å². The number of pyridine rings is 1. The SMILES string of the molecule is CC(C(N)=S)c1cnc2ccc(Br)cn12. The smallest absolute Gasteiger partial charge is 0.136 e. The number of fused-ring (bicyclic) bond motifs is 1. The molecule has 0 fully saturated rings. The van der Waals surface area contributed by atoms with Gasteiger partial charge in [0.15, 0.2) is 0 Å². The highest BCUT2D eigenvalue weighted by atomic mass is 79.9. The second-order valence-electron chi connectivity index (χ2n) is 3.38. The van der Waals surface area contributed by atoms with Crippen LogP contribution in [0.1, 0.15) is 18.5 Å². The Bertz CT molecular complexity index is 520. The van der Waals surface area contributed by atoms with E-state index in [1.165, 1.54) is 0 Å². The van der Waals surface area contributed by atoms with Crippen LogP contribution in [0.5, 0.6) is 0 Å². The quantitative estimate of drug-likeness (QED) is 0.862. The van der Waals surface area contributed by atoms with E-state index in [0.29, 0.717) is 4.99 Å². The fourth-order valence-corrected chi connectivity index (χ4v) is 1.90. The van der Waals surface area contributed by atoms with Crippen LogP contribution < -0.4 is 5.73 Å². The van der Waals surface area contributed by atoms with E-state index in [1.54, 1.807) is 0 Å². The molecule has 0 spiro atoms. The van der Waals surface area contributed by atoms with Crippen LogP contribution in [0.25, 0.3) is 5.65 Å². The molecule has 2 heterocycles. The molecular weight excluding hydrogens is 274 g/mol. The number of nitrogens with zero attached hydrogens (tertiary/aromatic N) is 2. The summed E-state index contributed by atoms with van der Waals surface area (Å²) in [4.78, 5) is 4.77. The highest BCUT2D eigenvalue weighted by molar-refractivity contribution is 9.10. The number of rotatable bonds is 2. The summed E-state index contributed by atoms with van der Waals surface area (Å²) in [5.41, 5.74) is 7.55. The van der Waals surface area contributed by atoms with Gasteiger partial charge in [-0.15, -0.1) is 0 Å². The third-order valence-corrected chi connectivity index (χ3v) is 3.19. The number of imidazole rings is 1. The molecule has 5 heteroatoms. The van der Waals surface area contributed by atoms with Crippen LogP contribution in [0, 0.1) is 0 Å². The van der Waals surface area contributed by atoms with Gasteiger partial charge in [0.25, 0.3) is 0 Å². The van der Waals surface area contributed by atoms with E-state index in [9.17, 15) is 0 Å². The number of aromatic nitrogens is 2. The molecule has 0 radical (unpaired) electrons. The Balaban J connectivity index is 2.61. The lowest BCUT2D eigenvalue weighted by molar-refractivity contribution is 0.926. The van der Waals surface area contributed by atoms with Gasteiger partial charge < -0.3 is 10.1 Å². The minimum atomic E-state index is 0.0318. The van der Waals surface area contributed by atoms with Gasteiger partial charge in [-0.25, -0.2) is 4.98 Å². The maximum atomic E-state index is 5.63. The van der Waals surface area contributed by atoms with E-state index < -0.39 is 0 Å². The molecule has 0 aliphatic rings. The zero-order valence-electron chi connectivity index (χ0n) is 8.14. The normalized spacial score (nSPS) is 12.9. The zero-order chi connectivity index (χ0) is 11.0. The van der Waals surface area contributed by atoms with Crippen molar-refractivity contribution in [1.29, 1.82) is 0 Å². The first-order chi connectivity index (χ1) is 7.09. The van der Waals surface area contributed by atoms with Gasteiger partial charge >= 0.3 is 0 Å². The molecule has 0 aromatic carbocycles. The topological polar surface area (TPSA) is 43.3 Å². The van der Waals surface area contributed by atoms with Gasteiger partial charge in [0.1, 0.15) is 5.65 Å². The number of halogens is 1. The summed E-state index contributed by atoms with van der Waals surface area (Å²) in [5, 5.41) is 0. The molecular formula is C10H10BrN3S. The van der Waals surface area contributed by atoms with Crippen LogP contribution in [0.15, 0.2) is 29.0 Å². The highest BCUT2D eigenvalue weighted by Gasteiger charge is 2.13. The van der Waals surface area contributed by atoms with Gasteiger partial charge in [-0.3, -0.25) is 0 Å². The van der Waals surface area contributed by atoms with Gasteiger partial charge in [-0.05, 0) is 28.1 Å². The van der Waals surface area contributed by atoms with Crippen molar-refractivity contribution in [2.75, 3.05) is 0 Å². The number of thiocarbonyl (C=S) groups is 1. The molecule has 1 unspecified atom stereocenters. The van der Waals surface area contributed by atoms with E-state index in [1.807, 2.05) is 35.9 Å². The Labute approximate surface area is 101 Å². The van der Waals surface area contributed by atoms with Crippen molar-refractivity contribution in [3.63, 3.8) is 0 Å². The van der Waals surface area contributed by atoms with Crippen LogP contribution in [0.2, 0.25) is 0 Å². The highest BCUT2D eigenvalue weighted by Crippen LogP contribution is 2.19. The molecule has 0 aliphatic carbocycles. The second-order valence-corrected chi connectivity index (χ2v) is 4.77. The van der Waals surface area contributed by atoms with E-state index >= 15 is 0 Å². The van der Waals surface area contributed by atoms with Crippen molar-refractivity contribution in [2.24, 2.45) is 5.73 Å². The first-order valence-electron chi connectivity index (χ1n) is 4.51. The molecule has 15 heavy (non-hydrogen) atoms. The number of hydrogen-bond donors (Lipinski definition) is 1. The molecule has 0 bridgehead atoms. The van der Waals surface area contributed by atoms with Gasteiger partial charge in [-0.1, -0.05) is 19.1 Å². The lowest BCUT2D eigenvalue weighted by Gasteiger charge is -2.09. The van der Waals surface area contributed by atoms with Crippen LogP contribution in [-0.2, 0) is 0 Å². The van der Waals surface area contributed by atoms with Crippen molar-refractivity contribution >= 4 is 38.8 Å². The summed E-state index contributed by atoms with van der Waals surface area (Å²) in [6.07, 6.45) is 3.78. The second kappa shape index (κ2) is 3.90. The third-order valence-electron chi connectivity index (χ3n) is 2.37. The molecule has 3 nitrogen and oxygen atoms in total. The van der Waals surface area contributed by atoms with Gasteiger partial charge in [0.2, 0.25) is 0 Å². The van der Waals surface area contributed by atoms with Crippen molar-refractivity contribution in [2.45, 2.75) is 12.8 Å². The summed E-state index contributed by atoms with van der Waals surface area (Å²) >= 11 is 8.41. The Kier molecular flexibility index (Phi) is 2.75. The summed E-state index contributed by atoms with van der Waals surface area (Å²) < 4.78 is 3.00. The third kappa shape index (κ3) is 1.89. The van der Waals surface area contributed by atoms with Crippen molar-refractivity contribution in [1.82, 2.24) is 9.38 Å². The van der Waals surface area contributed by atoms with Gasteiger partial charge in [0.05, 0.1) is 10.7 Å². The first-order valence-corrected chi connectivity index (χ1v) is 5.71. The summed E-state index contributed by atoms with van der Waals surface area (Å²) in [6.45, 7) is 1.98. The van der Waals surface area contributed by atoms with Crippen molar-refractivity contribution < 1.29 is 0 Å². The van der Waals surface area contributed by atoms with Crippen molar-refractivity contribution in [3.8, 4) is 0 Å². The summed E-state index contributed by atoms with van der Waals surface area (Å²) in [6, 6.07) is 3.90. The van der Waals surface area contributed by atoms with Gasteiger partial charge in [0, 0.05) is 22.8 Å². The summed E-state index contributed by atoms with van der Waals surface area (Å²) in [7, 11) is 0. The van der Waals surface area contributed by atoms with E-state index in [0.717, 1.165) is 15.8 Å². The molecule has 1 atom stereocenters. The fourth-order valence-electron chi connectivity index (χ4n) is 1.44. The number of nitrogens with two attached hydrogens (primary N) is 1. The Hall–Kier alpha value is -0.940.